The van der Waals surface area contributed by atoms with Crippen LogP contribution in [0.25, 0.3) is 5.69 Å². The Morgan fingerprint density at radius 1 is 1.21 bits per heavy atom. The molecule has 7 heteroatoms. The molecule has 1 aromatic heterocycles. The van der Waals surface area contributed by atoms with E-state index in [1.807, 2.05) is 7.05 Å². The van der Waals surface area contributed by atoms with E-state index >= 15 is 0 Å². The highest BCUT2D eigenvalue weighted by atomic mass is 19.4. The van der Waals surface area contributed by atoms with Crippen LogP contribution in [-0.2, 0) is 12.6 Å². The predicted molar refractivity (Wildman–Crippen MR) is 64.0 cm³/mol. The lowest BCUT2D eigenvalue weighted by molar-refractivity contribution is -0.137. The summed E-state index contributed by atoms with van der Waals surface area (Å²) in [6.45, 7) is 0.770. The molecule has 4 nitrogen and oxygen atoms in total. The monoisotopic (exact) mass is 270 g/mol. The molecular formula is C12H13F3N4. The molecule has 0 aliphatic heterocycles. The standard InChI is InChI=1S/C12H13F3N4/c1-16-7-6-10-8-19(18-17-10)11-4-2-9(3-5-11)12(13,14)15/h2-5,8,16H,6-7H2,1H3. The van der Waals surface area contributed by atoms with Gasteiger partial charge in [-0.3, -0.25) is 0 Å². The summed E-state index contributed by atoms with van der Waals surface area (Å²) in [6.07, 6.45) is -1.89. The van der Waals surface area contributed by atoms with E-state index in [4.69, 9.17) is 0 Å². The molecule has 0 aliphatic rings. The van der Waals surface area contributed by atoms with Gasteiger partial charge in [-0.15, -0.1) is 5.10 Å². The van der Waals surface area contributed by atoms with E-state index in [9.17, 15) is 13.2 Å². The molecule has 1 heterocycles. The number of rotatable bonds is 4. The van der Waals surface area contributed by atoms with Crippen LogP contribution in [-0.4, -0.2) is 28.6 Å². The minimum Gasteiger partial charge on any atom is -0.319 e. The fraction of sp³-hybridized carbons (Fsp3) is 0.333. The average molecular weight is 270 g/mol. The minimum absolute atomic E-state index is 0.552. The molecule has 19 heavy (non-hydrogen) atoms. The molecule has 0 unspecified atom stereocenters. The van der Waals surface area contributed by atoms with Gasteiger partial charge >= 0.3 is 6.18 Å². The number of likely N-dealkylation sites (N-methyl/N-ethyl adjacent to an activating group) is 1. The lowest BCUT2D eigenvalue weighted by Gasteiger charge is -2.07. The lowest BCUT2D eigenvalue weighted by atomic mass is 10.2. The van der Waals surface area contributed by atoms with Crippen molar-refractivity contribution in [1.82, 2.24) is 20.3 Å². The molecule has 0 spiro atoms. The number of nitrogens with one attached hydrogen (secondary N) is 1. The molecule has 102 valence electrons. The van der Waals surface area contributed by atoms with Gasteiger partial charge in [0.2, 0.25) is 0 Å². The van der Waals surface area contributed by atoms with Gasteiger partial charge in [-0.25, -0.2) is 4.68 Å². The summed E-state index contributed by atoms with van der Waals surface area (Å²) >= 11 is 0. The van der Waals surface area contributed by atoms with E-state index in [1.54, 1.807) is 6.20 Å². The highest BCUT2D eigenvalue weighted by molar-refractivity contribution is 5.34. The van der Waals surface area contributed by atoms with Crippen LogP contribution < -0.4 is 5.32 Å². The second kappa shape index (κ2) is 5.40. The summed E-state index contributed by atoms with van der Waals surface area (Å²) in [5.74, 6) is 0. The Hall–Kier alpha value is -1.89. The third-order valence-corrected chi connectivity index (χ3v) is 2.63. The van der Waals surface area contributed by atoms with Gasteiger partial charge in [-0.05, 0) is 31.3 Å². The largest absolute Gasteiger partial charge is 0.416 e. The van der Waals surface area contributed by atoms with Crippen LogP contribution in [0, 0.1) is 0 Å². The Labute approximate surface area is 108 Å². The topological polar surface area (TPSA) is 42.7 Å². The number of halogens is 3. The fourth-order valence-corrected chi connectivity index (χ4v) is 1.60. The van der Waals surface area contributed by atoms with Crippen molar-refractivity contribution in [3.63, 3.8) is 0 Å². The summed E-state index contributed by atoms with van der Waals surface area (Å²) in [5.41, 5.74) is 0.664. The molecular weight excluding hydrogens is 257 g/mol. The molecule has 2 rings (SSSR count). The van der Waals surface area contributed by atoms with Gasteiger partial charge in [0.15, 0.2) is 0 Å². The first-order valence-electron chi connectivity index (χ1n) is 5.74. The summed E-state index contributed by atoms with van der Waals surface area (Å²) in [4.78, 5) is 0. The maximum Gasteiger partial charge on any atom is 0.416 e. The van der Waals surface area contributed by atoms with E-state index in [1.165, 1.54) is 16.8 Å². The molecule has 1 aromatic carbocycles. The minimum atomic E-state index is -4.32. The highest BCUT2D eigenvalue weighted by Crippen LogP contribution is 2.29. The van der Waals surface area contributed by atoms with Crippen molar-refractivity contribution >= 4 is 0 Å². The normalized spacial score (nSPS) is 11.8. The number of hydrogen-bond acceptors (Lipinski definition) is 3. The van der Waals surface area contributed by atoms with Gasteiger partial charge in [-0.2, -0.15) is 13.2 Å². The first-order valence-corrected chi connectivity index (χ1v) is 5.74. The molecule has 0 amide bonds. The van der Waals surface area contributed by atoms with Crippen molar-refractivity contribution in [1.29, 1.82) is 0 Å². The maximum absolute atomic E-state index is 12.4. The van der Waals surface area contributed by atoms with Crippen LogP contribution in [0.2, 0.25) is 0 Å². The number of hydrogen-bond donors (Lipinski definition) is 1. The second-order valence-electron chi connectivity index (χ2n) is 4.05. The Morgan fingerprint density at radius 3 is 2.47 bits per heavy atom. The second-order valence-corrected chi connectivity index (χ2v) is 4.05. The van der Waals surface area contributed by atoms with Gasteiger partial charge in [0, 0.05) is 13.0 Å². The SMILES string of the molecule is CNCCc1cn(-c2ccc(C(F)(F)F)cc2)nn1. The Morgan fingerprint density at radius 2 is 1.89 bits per heavy atom. The average Bonchev–Trinajstić information content (AvgIpc) is 2.84. The van der Waals surface area contributed by atoms with E-state index in [0.717, 1.165) is 30.8 Å². The van der Waals surface area contributed by atoms with E-state index in [2.05, 4.69) is 15.6 Å². The van der Waals surface area contributed by atoms with Crippen LogP contribution in [0.3, 0.4) is 0 Å². The molecule has 0 fully saturated rings. The zero-order valence-corrected chi connectivity index (χ0v) is 10.3. The molecule has 0 atom stereocenters. The van der Waals surface area contributed by atoms with Crippen molar-refractivity contribution in [2.45, 2.75) is 12.6 Å². The third kappa shape index (κ3) is 3.31. The summed E-state index contributed by atoms with van der Waals surface area (Å²) in [7, 11) is 1.83. The van der Waals surface area contributed by atoms with Crippen LogP contribution in [0.1, 0.15) is 11.3 Å². The molecule has 0 aliphatic carbocycles. The molecule has 2 aromatic rings. The van der Waals surface area contributed by atoms with Crippen LogP contribution >= 0.6 is 0 Å². The molecule has 1 N–H and O–H groups in total. The quantitative estimate of drug-likeness (QED) is 0.924. The number of alkyl halides is 3. The van der Waals surface area contributed by atoms with E-state index < -0.39 is 11.7 Å². The van der Waals surface area contributed by atoms with Crippen molar-refractivity contribution in [2.75, 3.05) is 13.6 Å². The number of nitrogens with zero attached hydrogens (tertiary/aromatic N) is 3. The lowest BCUT2D eigenvalue weighted by Crippen LogP contribution is -2.10. The molecule has 0 saturated heterocycles. The summed E-state index contributed by atoms with van der Waals surface area (Å²) in [5, 5.41) is 10.8. The highest BCUT2D eigenvalue weighted by Gasteiger charge is 2.30. The van der Waals surface area contributed by atoms with Crippen molar-refractivity contribution in [3.8, 4) is 5.69 Å². The van der Waals surface area contributed by atoms with Crippen molar-refractivity contribution in [3.05, 3.63) is 41.7 Å². The first-order chi connectivity index (χ1) is 9.00. The van der Waals surface area contributed by atoms with Crippen LogP contribution in [0.5, 0.6) is 0 Å². The third-order valence-electron chi connectivity index (χ3n) is 2.63. The van der Waals surface area contributed by atoms with Gasteiger partial charge in [0.1, 0.15) is 0 Å². The fourth-order valence-electron chi connectivity index (χ4n) is 1.60. The van der Waals surface area contributed by atoms with Crippen molar-refractivity contribution in [2.24, 2.45) is 0 Å². The molecule has 0 saturated carbocycles. The smallest absolute Gasteiger partial charge is 0.319 e. The van der Waals surface area contributed by atoms with E-state index in [0.29, 0.717) is 5.69 Å². The zero-order valence-electron chi connectivity index (χ0n) is 10.3. The van der Waals surface area contributed by atoms with Gasteiger partial charge in [0.05, 0.1) is 23.1 Å². The zero-order chi connectivity index (χ0) is 13.9. The number of aromatic nitrogens is 3. The predicted octanol–water partition coefficient (Wildman–Crippen LogP) is 2.05. The van der Waals surface area contributed by atoms with Gasteiger partial charge < -0.3 is 5.32 Å². The first kappa shape index (κ1) is 13.5. The Kier molecular flexibility index (Phi) is 3.84. The van der Waals surface area contributed by atoms with Crippen molar-refractivity contribution < 1.29 is 13.2 Å². The van der Waals surface area contributed by atoms with Gasteiger partial charge in [-0.1, -0.05) is 5.21 Å². The van der Waals surface area contributed by atoms with E-state index in [-0.39, 0.29) is 0 Å². The number of benzene rings is 1. The molecule has 0 bridgehead atoms. The van der Waals surface area contributed by atoms with Crippen LogP contribution in [0.4, 0.5) is 13.2 Å². The van der Waals surface area contributed by atoms with Crippen LogP contribution in [0.15, 0.2) is 30.5 Å². The maximum atomic E-state index is 12.4. The van der Waals surface area contributed by atoms with Gasteiger partial charge in [0.25, 0.3) is 0 Å². The summed E-state index contributed by atoms with van der Waals surface area (Å²) < 4.78 is 38.7. The Bertz CT molecular complexity index is 531. The molecule has 0 radical (unpaired) electrons. The Balaban J connectivity index is 2.16. The summed E-state index contributed by atoms with van der Waals surface area (Å²) in [6, 6.07) is 4.81.